The summed E-state index contributed by atoms with van der Waals surface area (Å²) in [5.41, 5.74) is 0.687. The molecule has 0 aliphatic rings. The molecule has 0 saturated heterocycles. The molecule has 1 aromatic heterocycles. The molecule has 0 unspecified atom stereocenters. The average Bonchev–Trinajstić information content (AvgIpc) is 2.15. The number of aromatic nitrogens is 1. The quantitative estimate of drug-likeness (QED) is 0.714. The lowest BCUT2D eigenvalue weighted by molar-refractivity contribution is 0.629. The van der Waals surface area contributed by atoms with Crippen LogP contribution < -0.4 is 5.56 Å². The van der Waals surface area contributed by atoms with Crippen molar-refractivity contribution in [1.29, 1.82) is 0 Å². The first-order chi connectivity index (χ1) is 6.59. The van der Waals surface area contributed by atoms with Gasteiger partial charge in [0.25, 0.3) is 5.56 Å². The maximum absolute atomic E-state index is 13.0. The number of halogens is 2. The second kappa shape index (κ2) is 3.10. The first kappa shape index (κ1) is 9.21. The Morgan fingerprint density at radius 2 is 2.14 bits per heavy atom. The van der Waals surface area contributed by atoms with Crippen LogP contribution in [0.25, 0.3) is 10.9 Å². The fraction of sp³-hybridized carbons (Fsp3) is 0.100. The number of fused-ring (bicyclic) bond motifs is 1. The molecule has 0 atom stereocenters. The van der Waals surface area contributed by atoms with Crippen LogP contribution in [0, 0.1) is 12.7 Å². The van der Waals surface area contributed by atoms with E-state index in [0.717, 1.165) is 5.39 Å². The smallest absolute Gasteiger partial charge is 0.251 e. The van der Waals surface area contributed by atoms with E-state index in [-0.39, 0.29) is 10.6 Å². The monoisotopic (exact) mass is 211 g/mol. The van der Waals surface area contributed by atoms with Crippen LogP contribution in [-0.2, 0) is 0 Å². The molecule has 0 saturated carbocycles. The normalized spacial score (nSPS) is 10.8. The minimum Gasteiger partial charge on any atom is -0.320 e. The molecule has 2 rings (SSSR count). The Labute approximate surface area is 84.3 Å². The van der Waals surface area contributed by atoms with E-state index < -0.39 is 5.82 Å². The Morgan fingerprint density at radius 1 is 1.43 bits per heavy atom. The first-order valence-electron chi connectivity index (χ1n) is 4.07. The molecule has 72 valence electrons. The Balaban J connectivity index is 2.97. The van der Waals surface area contributed by atoms with Crippen LogP contribution >= 0.6 is 11.6 Å². The largest absolute Gasteiger partial charge is 0.320 e. The number of aromatic amines is 1. The van der Waals surface area contributed by atoms with Gasteiger partial charge in [0.2, 0.25) is 0 Å². The molecular formula is C10H7ClFNO. The van der Waals surface area contributed by atoms with Crippen molar-refractivity contribution in [3.05, 3.63) is 45.0 Å². The SMILES string of the molecule is Cc1cc2ccc(F)c(Cl)c2[nH]c1=O. The summed E-state index contributed by atoms with van der Waals surface area (Å²) in [6, 6.07) is 4.54. The van der Waals surface area contributed by atoms with E-state index in [9.17, 15) is 9.18 Å². The van der Waals surface area contributed by atoms with E-state index in [1.165, 1.54) is 6.07 Å². The number of hydrogen-bond donors (Lipinski definition) is 1. The summed E-state index contributed by atoms with van der Waals surface area (Å²) in [6.07, 6.45) is 0. The predicted molar refractivity (Wildman–Crippen MR) is 54.3 cm³/mol. The van der Waals surface area contributed by atoms with Gasteiger partial charge in [-0.2, -0.15) is 0 Å². The molecule has 0 bridgehead atoms. The number of pyridine rings is 1. The lowest BCUT2D eigenvalue weighted by Gasteiger charge is -2.02. The molecular weight excluding hydrogens is 205 g/mol. The number of rotatable bonds is 0. The third-order valence-electron chi connectivity index (χ3n) is 2.10. The predicted octanol–water partition coefficient (Wildman–Crippen LogP) is 2.63. The summed E-state index contributed by atoms with van der Waals surface area (Å²) < 4.78 is 13.0. The van der Waals surface area contributed by atoms with Crippen LogP contribution in [0.15, 0.2) is 23.0 Å². The summed E-state index contributed by atoms with van der Waals surface area (Å²) in [4.78, 5) is 13.8. The number of H-pyrrole nitrogens is 1. The molecule has 0 fully saturated rings. The molecule has 0 spiro atoms. The highest BCUT2D eigenvalue weighted by Gasteiger charge is 2.06. The van der Waals surface area contributed by atoms with Crippen molar-refractivity contribution in [1.82, 2.24) is 4.98 Å². The molecule has 1 aromatic carbocycles. The minimum atomic E-state index is -0.529. The van der Waals surface area contributed by atoms with Gasteiger partial charge in [-0.15, -0.1) is 0 Å². The number of benzene rings is 1. The fourth-order valence-corrected chi connectivity index (χ4v) is 1.54. The lowest BCUT2D eigenvalue weighted by atomic mass is 10.2. The van der Waals surface area contributed by atoms with Crippen LogP contribution in [0.2, 0.25) is 5.02 Å². The van der Waals surface area contributed by atoms with E-state index in [1.54, 1.807) is 19.1 Å². The molecule has 2 aromatic rings. The lowest BCUT2D eigenvalue weighted by Crippen LogP contribution is -2.08. The highest BCUT2D eigenvalue weighted by molar-refractivity contribution is 6.35. The molecule has 0 aliphatic heterocycles. The van der Waals surface area contributed by atoms with Gasteiger partial charge in [0.1, 0.15) is 10.8 Å². The topological polar surface area (TPSA) is 32.9 Å². The van der Waals surface area contributed by atoms with E-state index in [4.69, 9.17) is 11.6 Å². The molecule has 0 aliphatic carbocycles. The van der Waals surface area contributed by atoms with Crippen molar-refractivity contribution in [2.45, 2.75) is 6.92 Å². The summed E-state index contributed by atoms with van der Waals surface area (Å²) in [7, 11) is 0. The third-order valence-corrected chi connectivity index (χ3v) is 2.47. The maximum Gasteiger partial charge on any atom is 0.251 e. The second-order valence-corrected chi connectivity index (χ2v) is 3.49. The highest BCUT2D eigenvalue weighted by atomic mass is 35.5. The van der Waals surface area contributed by atoms with Crippen molar-refractivity contribution >= 4 is 22.5 Å². The molecule has 0 radical (unpaired) electrons. The van der Waals surface area contributed by atoms with Gasteiger partial charge in [0, 0.05) is 10.9 Å². The number of aryl methyl sites for hydroxylation is 1. The van der Waals surface area contributed by atoms with E-state index >= 15 is 0 Å². The van der Waals surface area contributed by atoms with Crippen molar-refractivity contribution in [3.8, 4) is 0 Å². The number of hydrogen-bond acceptors (Lipinski definition) is 1. The van der Waals surface area contributed by atoms with Gasteiger partial charge in [0.05, 0.1) is 5.52 Å². The molecule has 14 heavy (non-hydrogen) atoms. The van der Waals surface area contributed by atoms with E-state index in [1.807, 2.05) is 0 Å². The Bertz CT molecular complexity index is 562. The number of nitrogens with one attached hydrogen (secondary N) is 1. The second-order valence-electron chi connectivity index (χ2n) is 3.11. The first-order valence-corrected chi connectivity index (χ1v) is 4.45. The van der Waals surface area contributed by atoms with Crippen molar-refractivity contribution in [3.63, 3.8) is 0 Å². The summed E-state index contributed by atoms with van der Waals surface area (Å²) in [6.45, 7) is 1.69. The molecule has 1 N–H and O–H groups in total. The summed E-state index contributed by atoms with van der Waals surface area (Å²) in [5, 5.41) is 0.688. The highest BCUT2D eigenvalue weighted by Crippen LogP contribution is 2.23. The van der Waals surface area contributed by atoms with E-state index in [2.05, 4.69) is 4.98 Å². The van der Waals surface area contributed by atoms with Crippen LogP contribution in [-0.4, -0.2) is 4.98 Å². The Hall–Kier alpha value is -1.35. The van der Waals surface area contributed by atoms with Crippen LogP contribution in [0.3, 0.4) is 0 Å². The van der Waals surface area contributed by atoms with Gasteiger partial charge >= 0.3 is 0 Å². The summed E-state index contributed by atoms with van der Waals surface area (Å²) in [5.74, 6) is -0.529. The molecule has 4 heteroatoms. The van der Waals surface area contributed by atoms with Crippen LogP contribution in [0.4, 0.5) is 4.39 Å². The zero-order valence-corrected chi connectivity index (χ0v) is 8.15. The summed E-state index contributed by atoms with van der Waals surface area (Å²) >= 11 is 5.71. The van der Waals surface area contributed by atoms with Crippen LogP contribution in [0.5, 0.6) is 0 Å². The molecule has 0 amide bonds. The third kappa shape index (κ3) is 1.30. The Morgan fingerprint density at radius 3 is 2.86 bits per heavy atom. The van der Waals surface area contributed by atoms with Gasteiger partial charge in [-0.25, -0.2) is 4.39 Å². The molecule has 1 heterocycles. The van der Waals surface area contributed by atoms with Gasteiger partial charge in [0.15, 0.2) is 0 Å². The van der Waals surface area contributed by atoms with Gasteiger partial charge in [-0.1, -0.05) is 11.6 Å². The van der Waals surface area contributed by atoms with Crippen molar-refractivity contribution in [2.24, 2.45) is 0 Å². The standard InChI is InChI=1S/C10H7ClFNO/c1-5-4-6-2-3-7(12)8(11)9(6)13-10(5)14/h2-4H,1H3,(H,13,14). The Kier molecular flexibility index (Phi) is 2.04. The molecule has 2 nitrogen and oxygen atoms in total. The van der Waals surface area contributed by atoms with Gasteiger partial charge < -0.3 is 4.98 Å². The minimum absolute atomic E-state index is 0.0420. The zero-order chi connectivity index (χ0) is 10.3. The fourth-order valence-electron chi connectivity index (χ4n) is 1.32. The van der Waals surface area contributed by atoms with Crippen LogP contribution in [0.1, 0.15) is 5.56 Å². The average molecular weight is 212 g/mol. The zero-order valence-electron chi connectivity index (χ0n) is 7.40. The van der Waals surface area contributed by atoms with Gasteiger partial charge in [-0.05, 0) is 25.1 Å². The maximum atomic E-state index is 13.0. The van der Waals surface area contributed by atoms with Crippen molar-refractivity contribution in [2.75, 3.05) is 0 Å². The van der Waals surface area contributed by atoms with E-state index in [0.29, 0.717) is 11.1 Å². The van der Waals surface area contributed by atoms with Gasteiger partial charge in [-0.3, -0.25) is 4.79 Å². The van der Waals surface area contributed by atoms with Crippen molar-refractivity contribution < 1.29 is 4.39 Å².